The monoisotopic (exact) mass is 329 g/mol. The molecule has 0 radical (unpaired) electrons. The van der Waals surface area contributed by atoms with Crippen molar-refractivity contribution in [1.29, 1.82) is 0 Å². The van der Waals surface area contributed by atoms with Crippen molar-refractivity contribution in [2.24, 2.45) is 0 Å². The number of aliphatic carboxylic acids is 1. The van der Waals surface area contributed by atoms with Crippen LogP contribution in [-0.2, 0) is 14.3 Å². The highest BCUT2D eigenvalue weighted by Gasteiger charge is 2.19. The maximum atomic E-state index is 11.5. The van der Waals surface area contributed by atoms with Crippen LogP contribution in [0, 0.1) is 0 Å². The summed E-state index contributed by atoms with van der Waals surface area (Å²) in [6.45, 7) is 8.91. The first kappa shape index (κ1) is 20.8. The van der Waals surface area contributed by atoms with Gasteiger partial charge in [-0.25, -0.2) is 9.59 Å². The lowest BCUT2D eigenvalue weighted by molar-refractivity contribution is -0.308. The van der Waals surface area contributed by atoms with Crippen LogP contribution in [0.5, 0.6) is 0 Å². The van der Waals surface area contributed by atoms with Crippen molar-refractivity contribution in [1.82, 2.24) is 10.6 Å². The zero-order valence-electron chi connectivity index (χ0n) is 13.8. The Morgan fingerprint density at radius 2 is 1.87 bits per heavy atom. The topological polar surface area (TPSA) is 117 Å². The first-order chi connectivity index (χ1) is 10.7. The Balaban J connectivity index is 4.02. The van der Waals surface area contributed by atoms with Gasteiger partial charge in [0.15, 0.2) is 0 Å². The molecule has 0 unspecified atom stereocenters. The molecule has 1 atom stereocenters. The average Bonchev–Trinajstić information content (AvgIpc) is 2.41. The molecule has 8 heteroatoms. The van der Waals surface area contributed by atoms with Gasteiger partial charge in [0, 0.05) is 6.54 Å². The molecule has 0 aliphatic rings. The molecule has 2 N–H and O–H groups in total. The van der Waals surface area contributed by atoms with Crippen molar-refractivity contribution < 1.29 is 29.0 Å². The Kier molecular flexibility index (Phi) is 9.45. The third kappa shape index (κ3) is 12.0. The van der Waals surface area contributed by atoms with Crippen LogP contribution in [0.2, 0.25) is 0 Å². The Hall–Kier alpha value is -2.25. The molecule has 0 saturated heterocycles. The van der Waals surface area contributed by atoms with Crippen molar-refractivity contribution in [3.05, 3.63) is 12.7 Å². The number of amides is 2. The first-order valence-electron chi connectivity index (χ1n) is 7.37. The Morgan fingerprint density at radius 3 is 2.39 bits per heavy atom. The fraction of sp³-hybridized carbons (Fsp3) is 0.667. The molecule has 2 amide bonds. The van der Waals surface area contributed by atoms with Crippen LogP contribution >= 0.6 is 0 Å². The van der Waals surface area contributed by atoms with Gasteiger partial charge in [-0.15, -0.1) is 0 Å². The summed E-state index contributed by atoms with van der Waals surface area (Å²) in [4.78, 5) is 33.7. The molecule has 0 aromatic heterocycles. The molecule has 0 aliphatic carbocycles. The van der Waals surface area contributed by atoms with Crippen LogP contribution in [0.4, 0.5) is 9.59 Å². The highest BCUT2D eigenvalue weighted by Crippen LogP contribution is 2.08. The van der Waals surface area contributed by atoms with Crippen LogP contribution in [0.3, 0.4) is 0 Å². The van der Waals surface area contributed by atoms with E-state index in [9.17, 15) is 19.5 Å². The van der Waals surface area contributed by atoms with Gasteiger partial charge in [0.05, 0.1) is 12.0 Å². The third-order valence-electron chi connectivity index (χ3n) is 2.50. The van der Waals surface area contributed by atoms with Crippen molar-refractivity contribution in [3.8, 4) is 0 Å². The number of carboxylic acid groups (broad SMARTS) is 1. The number of carboxylic acids is 1. The van der Waals surface area contributed by atoms with E-state index in [1.807, 2.05) is 0 Å². The molecule has 8 nitrogen and oxygen atoms in total. The highest BCUT2D eigenvalue weighted by atomic mass is 16.6. The van der Waals surface area contributed by atoms with Gasteiger partial charge in [0.2, 0.25) is 0 Å². The lowest BCUT2D eigenvalue weighted by Gasteiger charge is -2.24. The molecular weight excluding hydrogens is 304 g/mol. The molecule has 0 heterocycles. The van der Waals surface area contributed by atoms with E-state index < -0.39 is 29.8 Å². The predicted octanol–water partition coefficient (Wildman–Crippen LogP) is 0.712. The number of carbonyl (C=O) groups excluding carboxylic acids is 3. The van der Waals surface area contributed by atoms with Crippen LogP contribution in [-0.4, -0.2) is 43.0 Å². The number of nitrogens with one attached hydrogen (secondary N) is 2. The van der Waals surface area contributed by atoms with Gasteiger partial charge in [-0.2, -0.15) is 0 Å². The average molecular weight is 329 g/mol. The SMILES string of the molecule is C=CCOC(=O)NCCCC[C@H](NC(=O)OC(C)(C)C)C(=O)[O-]. The summed E-state index contributed by atoms with van der Waals surface area (Å²) in [6, 6.07) is -1.14. The van der Waals surface area contributed by atoms with Gasteiger partial charge in [-0.3, -0.25) is 0 Å². The van der Waals surface area contributed by atoms with Crippen molar-refractivity contribution in [3.63, 3.8) is 0 Å². The number of hydrogen-bond acceptors (Lipinski definition) is 6. The van der Waals surface area contributed by atoms with Gasteiger partial charge in [-0.05, 0) is 40.0 Å². The molecule has 0 fully saturated rings. The lowest BCUT2D eigenvalue weighted by Crippen LogP contribution is -2.49. The standard InChI is InChI=1S/C15H26N2O6/c1-5-10-22-13(20)16-9-7-6-8-11(12(18)19)17-14(21)23-15(2,3)4/h5,11H,1,6-10H2,2-4H3,(H,16,20)(H,17,21)(H,18,19)/p-1/t11-/m0/s1. The number of carbonyl (C=O) groups is 3. The normalized spacial score (nSPS) is 12.0. The van der Waals surface area contributed by atoms with E-state index in [2.05, 4.69) is 17.2 Å². The van der Waals surface area contributed by atoms with Gasteiger partial charge >= 0.3 is 12.2 Å². The van der Waals surface area contributed by atoms with Crippen molar-refractivity contribution >= 4 is 18.2 Å². The zero-order chi connectivity index (χ0) is 17.9. The summed E-state index contributed by atoms with van der Waals surface area (Å²) in [7, 11) is 0. The molecule has 0 aromatic rings. The second-order valence-electron chi connectivity index (χ2n) is 5.83. The van der Waals surface area contributed by atoms with Gasteiger partial charge in [0.1, 0.15) is 12.2 Å². The summed E-state index contributed by atoms with van der Waals surface area (Å²) >= 11 is 0. The minimum Gasteiger partial charge on any atom is -0.548 e. The van der Waals surface area contributed by atoms with Gasteiger partial charge in [-0.1, -0.05) is 12.7 Å². The molecule has 0 bridgehead atoms. The molecular formula is C15H25N2O6-. The number of rotatable bonds is 9. The summed E-state index contributed by atoms with van der Waals surface area (Å²) in [5.74, 6) is -1.38. The molecule has 0 rings (SSSR count). The van der Waals surface area contributed by atoms with Crippen molar-refractivity contribution in [2.45, 2.75) is 51.7 Å². The molecule has 0 saturated carbocycles. The number of alkyl carbamates (subject to hydrolysis) is 2. The van der Waals surface area contributed by atoms with Crippen LogP contribution in [0.1, 0.15) is 40.0 Å². The third-order valence-corrected chi connectivity index (χ3v) is 2.50. The number of hydrogen-bond donors (Lipinski definition) is 2. The van der Waals surface area contributed by atoms with Gasteiger partial charge in [0.25, 0.3) is 0 Å². The van der Waals surface area contributed by atoms with E-state index in [1.54, 1.807) is 20.8 Å². The fourth-order valence-corrected chi connectivity index (χ4v) is 1.55. The Bertz CT molecular complexity index is 417. The fourth-order valence-electron chi connectivity index (χ4n) is 1.55. The largest absolute Gasteiger partial charge is 0.548 e. The summed E-state index contributed by atoms with van der Waals surface area (Å²) in [6.07, 6.45) is 1.25. The van der Waals surface area contributed by atoms with Crippen LogP contribution in [0.15, 0.2) is 12.7 Å². The summed E-state index contributed by atoms with van der Waals surface area (Å²) in [5.41, 5.74) is -0.712. The van der Waals surface area contributed by atoms with Gasteiger partial charge < -0.3 is 30.0 Å². The minimum absolute atomic E-state index is 0.123. The smallest absolute Gasteiger partial charge is 0.408 e. The predicted molar refractivity (Wildman–Crippen MR) is 81.6 cm³/mol. The Labute approximate surface area is 136 Å². The minimum atomic E-state index is -1.38. The second kappa shape index (κ2) is 10.5. The summed E-state index contributed by atoms with van der Waals surface area (Å²) in [5, 5.41) is 15.8. The molecule has 132 valence electrons. The van der Waals surface area contributed by atoms with E-state index in [0.717, 1.165) is 0 Å². The second-order valence-corrected chi connectivity index (χ2v) is 5.83. The van der Waals surface area contributed by atoms with Crippen LogP contribution in [0.25, 0.3) is 0 Å². The van der Waals surface area contributed by atoms with Crippen molar-refractivity contribution in [2.75, 3.05) is 13.2 Å². The first-order valence-corrected chi connectivity index (χ1v) is 7.37. The zero-order valence-corrected chi connectivity index (χ0v) is 13.8. The molecule has 0 aliphatic heterocycles. The number of unbranched alkanes of at least 4 members (excludes halogenated alkanes) is 1. The van der Waals surface area contributed by atoms with E-state index >= 15 is 0 Å². The maximum Gasteiger partial charge on any atom is 0.408 e. The number of ether oxygens (including phenoxy) is 2. The Morgan fingerprint density at radius 1 is 1.22 bits per heavy atom. The quantitative estimate of drug-likeness (QED) is 0.475. The van der Waals surface area contributed by atoms with Crippen LogP contribution < -0.4 is 15.7 Å². The summed E-state index contributed by atoms with van der Waals surface area (Å²) < 4.78 is 9.70. The molecule has 23 heavy (non-hydrogen) atoms. The molecule has 0 aromatic carbocycles. The maximum absolute atomic E-state index is 11.5. The van der Waals surface area contributed by atoms with E-state index in [1.165, 1.54) is 6.08 Å². The van der Waals surface area contributed by atoms with E-state index in [0.29, 0.717) is 19.4 Å². The lowest BCUT2D eigenvalue weighted by atomic mass is 10.1. The highest BCUT2D eigenvalue weighted by molar-refractivity contribution is 5.78. The van der Waals surface area contributed by atoms with E-state index in [-0.39, 0.29) is 13.0 Å². The molecule has 0 spiro atoms. The van der Waals surface area contributed by atoms with E-state index in [4.69, 9.17) is 9.47 Å².